The summed E-state index contributed by atoms with van der Waals surface area (Å²) >= 11 is 0. The fraction of sp³-hybridized carbons (Fsp3) is 0.167. The first-order valence-electron chi connectivity index (χ1n) is 7.04. The zero-order chi connectivity index (χ0) is 14.6. The second-order valence-corrected chi connectivity index (χ2v) is 5.45. The van der Waals surface area contributed by atoms with Gasteiger partial charge >= 0.3 is 0 Å². The van der Waals surface area contributed by atoms with Crippen LogP contribution in [0.15, 0.2) is 36.4 Å². The molecule has 0 radical (unpaired) electrons. The van der Waals surface area contributed by atoms with Crippen molar-refractivity contribution in [2.24, 2.45) is 0 Å². The average Bonchev–Trinajstić information content (AvgIpc) is 2.87. The minimum absolute atomic E-state index is 0.776. The molecule has 0 unspecified atom stereocenters. The quantitative estimate of drug-likeness (QED) is 0.556. The van der Waals surface area contributed by atoms with Gasteiger partial charge in [0.2, 0.25) is 0 Å². The van der Waals surface area contributed by atoms with Crippen molar-refractivity contribution in [2.45, 2.75) is 13.8 Å². The number of fused-ring (bicyclic) bond motifs is 4. The van der Waals surface area contributed by atoms with Crippen LogP contribution in [0.1, 0.15) is 11.3 Å². The van der Waals surface area contributed by atoms with Crippen LogP contribution in [0, 0.1) is 13.8 Å². The van der Waals surface area contributed by atoms with Gasteiger partial charge in [0.25, 0.3) is 0 Å². The Kier molecular flexibility index (Phi) is 2.45. The first-order chi connectivity index (χ1) is 10.2. The number of para-hydroxylation sites is 1. The summed E-state index contributed by atoms with van der Waals surface area (Å²) in [4.78, 5) is 8.09. The second-order valence-electron chi connectivity index (χ2n) is 5.45. The summed E-state index contributed by atoms with van der Waals surface area (Å²) in [6.07, 6.45) is 0. The fourth-order valence-electron chi connectivity index (χ4n) is 3.12. The summed E-state index contributed by atoms with van der Waals surface area (Å²) in [5.74, 6) is 0.776. The van der Waals surface area contributed by atoms with Crippen LogP contribution in [0.4, 0.5) is 0 Å². The molecule has 0 amide bonds. The number of aromatic nitrogens is 2. The lowest BCUT2D eigenvalue weighted by Gasteiger charge is -2.10. The summed E-state index contributed by atoms with van der Waals surface area (Å²) in [5, 5.41) is 4.85. The van der Waals surface area contributed by atoms with Crippen molar-refractivity contribution in [1.29, 1.82) is 0 Å². The SMILES string of the molecule is COc1cc2c(C)c3nc4ccccc4c3cc2c(C)[nH]1. The van der Waals surface area contributed by atoms with Crippen molar-refractivity contribution in [3.8, 4) is 5.88 Å². The van der Waals surface area contributed by atoms with E-state index in [0.717, 1.165) is 22.6 Å². The van der Waals surface area contributed by atoms with Crippen LogP contribution >= 0.6 is 0 Å². The number of H-pyrrole nitrogens is 1. The van der Waals surface area contributed by atoms with Gasteiger partial charge in [-0.2, -0.15) is 0 Å². The molecule has 0 saturated heterocycles. The van der Waals surface area contributed by atoms with Crippen molar-refractivity contribution < 1.29 is 4.74 Å². The molecule has 2 aromatic heterocycles. The minimum Gasteiger partial charge on any atom is -0.482 e. The Bertz CT molecular complexity index is 999. The largest absolute Gasteiger partial charge is 0.482 e. The van der Waals surface area contributed by atoms with Crippen LogP contribution in [0.3, 0.4) is 0 Å². The number of hydrogen-bond acceptors (Lipinski definition) is 2. The summed E-state index contributed by atoms with van der Waals surface area (Å²) in [5.41, 5.74) is 4.45. The molecule has 0 atom stereocenters. The molecule has 0 fully saturated rings. The van der Waals surface area contributed by atoms with E-state index < -0.39 is 0 Å². The maximum Gasteiger partial charge on any atom is 0.191 e. The summed E-state index contributed by atoms with van der Waals surface area (Å²) in [7, 11) is 1.68. The molecule has 3 nitrogen and oxygen atoms in total. The molecule has 0 spiro atoms. The number of nitrogens with one attached hydrogen (secondary N) is 1. The first-order valence-corrected chi connectivity index (χ1v) is 7.04. The van der Waals surface area contributed by atoms with Crippen LogP contribution in [-0.2, 0) is 0 Å². The highest BCUT2D eigenvalue weighted by molar-refractivity contribution is 6.14. The van der Waals surface area contributed by atoms with Gasteiger partial charge in [-0.15, -0.1) is 0 Å². The number of rotatable bonds is 1. The number of nitrogens with zero attached hydrogens (tertiary/aromatic N) is 1. The first kappa shape index (κ1) is 12.2. The Balaban J connectivity index is 2.25. The number of aromatic amines is 1. The molecule has 0 bridgehead atoms. The molecule has 2 aromatic carbocycles. The number of benzene rings is 2. The third kappa shape index (κ3) is 1.64. The van der Waals surface area contributed by atoms with E-state index in [1.165, 1.54) is 27.1 Å². The van der Waals surface area contributed by atoms with Crippen molar-refractivity contribution >= 4 is 32.6 Å². The topological polar surface area (TPSA) is 37.9 Å². The van der Waals surface area contributed by atoms with E-state index in [2.05, 4.69) is 49.2 Å². The van der Waals surface area contributed by atoms with Crippen LogP contribution in [0.2, 0.25) is 0 Å². The minimum atomic E-state index is 0.776. The third-order valence-corrected chi connectivity index (χ3v) is 4.23. The molecule has 0 aliphatic heterocycles. The van der Waals surface area contributed by atoms with Crippen molar-refractivity contribution in [1.82, 2.24) is 9.97 Å². The molecule has 3 heteroatoms. The Morgan fingerprint density at radius 3 is 2.57 bits per heavy atom. The maximum absolute atomic E-state index is 5.35. The van der Waals surface area contributed by atoms with Crippen LogP contribution in [0.5, 0.6) is 5.88 Å². The molecular weight excluding hydrogens is 260 g/mol. The van der Waals surface area contributed by atoms with Gasteiger partial charge in [-0.05, 0) is 36.9 Å². The zero-order valence-electron chi connectivity index (χ0n) is 12.3. The van der Waals surface area contributed by atoms with Crippen molar-refractivity contribution in [3.63, 3.8) is 0 Å². The number of methoxy groups -OCH3 is 1. The lowest BCUT2D eigenvalue weighted by Crippen LogP contribution is -1.93. The molecule has 1 N–H and O–H groups in total. The lowest BCUT2D eigenvalue weighted by molar-refractivity contribution is 0.398. The van der Waals surface area contributed by atoms with E-state index in [1.54, 1.807) is 7.11 Å². The molecule has 2 heterocycles. The highest BCUT2D eigenvalue weighted by Gasteiger charge is 2.13. The zero-order valence-corrected chi connectivity index (χ0v) is 12.3. The smallest absolute Gasteiger partial charge is 0.191 e. The van der Waals surface area contributed by atoms with E-state index in [0.29, 0.717) is 0 Å². The van der Waals surface area contributed by atoms with Gasteiger partial charge < -0.3 is 9.72 Å². The molecular formula is C18H16N2O. The Morgan fingerprint density at radius 2 is 1.76 bits per heavy atom. The average molecular weight is 276 g/mol. The number of pyridine rings is 1. The van der Waals surface area contributed by atoms with E-state index >= 15 is 0 Å². The Labute approximate surface area is 122 Å². The second kappa shape index (κ2) is 4.22. The molecule has 104 valence electrons. The third-order valence-electron chi connectivity index (χ3n) is 4.23. The van der Waals surface area contributed by atoms with E-state index in [9.17, 15) is 0 Å². The van der Waals surface area contributed by atoms with Gasteiger partial charge in [0.05, 0.1) is 18.1 Å². The van der Waals surface area contributed by atoms with E-state index in [-0.39, 0.29) is 0 Å². The molecule has 4 aromatic rings. The Morgan fingerprint density at radius 1 is 0.952 bits per heavy atom. The number of hydrogen-bond donors (Lipinski definition) is 1. The van der Waals surface area contributed by atoms with Crippen molar-refractivity contribution in [3.05, 3.63) is 47.7 Å². The van der Waals surface area contributed by atoms with Crippen LogP contribution in [-0.4, -0.2) is 17.1 Å². The normalized spacial score (nSPS) is 11.6. The monoisotopic (exact) mass is 276 g/mol. The van der Waals surface area contributed by atoms with Gasteiger partial charge in [-0.1, -0.05) is 18.2 Å². The predicted molar refractivity (Wildman–Crippen MR) is 87.1 cm³/mol. The number of ether oxygens (including phenoxy) is 1. The van der Waals surface area contributed by atoms with Gasteiger partial charge in [0, 0.05) is 27.9 Å². The molecule has 21 heavy (non-hydrogen) atoms. The van der Waals surface area contributed by atoms with Gasteiger partial charge in [0.1, 0.15) is 0 Å². The lowest BCUT2D eigenvalue weighted by atomic mass is 10.0. The standard InChI is InChI=1S/C18H16N2O/c1-10-13-9-17(21-3)19-11(2)14(13)8-15-12-6-4-5-7-16(12)20-18(10)15/h4-9,19H,1-3H3. The van der Waals surface area contributed by atoms with E-state index in [4.69, 9.17) is 9.72 Å². The fourth-order valence-corrected chi connectivity index (χ4v) is 3.12. The van der Waals surface area contributed by atoms with Crippen molar-refractivity contribution in [2.75, 3.05) is 7.11 Å². The van der Waals surface area contributed by atoms with Gasteiger partial charge in [0.15, 0.2) is 5.88 Å². The maximum atomic E-state index is 5.35. The summed E-state index contributed by atoms with van der Waals surface area (Å²) in [6, 6.07) is 12.6. The highest BCUT2D eigenvalue weighted by atomic mass is 16.5. The predicted octanol–water partition coefficient (Wildman–Crippen LogP) is 4.49. The molecule has 0 saturated carbocycles. The molecule has 0 aliphatic carbocycles. The van der Waals surface area contributed by atoms with E-state index in [1.807, 2.05) is 6.07 Å². The van der Waals surface area contributed by atoms with Gasteiger partial charge in [-0.25, -0.2) is 4.98 Å². The highest BCUT2D eigenvalue weighted by Crippen LogP contribution is 2.34. The van der Waals surface area contributed by atoms with Crippen LogP contribution in [0.25, 0.3) is 32.6 Å². The Hall–Kier alpha value is -2.55. The molecule has 0 aliphatic rings. The van der Waals surface area contributed by atoms with Gasteiger partial charge in [-0.3, -0.25) is 0 Å². The number of aryl methyl sites for hydroxylation is 2. The summed E-state index contributed by atoms with van der Waals surface area (Å²) in [6.45, 7) is 4.21. The summed E-state index contributed by atoms with van der Waals surface area (Å²) < 4.78 is 5.35. The molecule has 4 rings (SSSR count). The van der Waals surface area contributed by atoms with Crippen LogP contribution < -0.4 is 4.74 Å².